The maximum Gasteiger partial charge on any atom is 0.309 e. The number of nitrogens with one attached hydrogen (secondary N) is 1. The molecule has 0 bridgehead atoms. The topological polar surface area (TPSA) is 81.4 Å². The summed E-state index contributed by atoms with van der Waals surface area (Å²) >= 11 is 0. The molecule has 27 heavy (non-hydrogen) atoms. The van der Waals surface area contributed by atoms with Gasteiger partial charge in [-0.3, -0.25) is 9.59 Å². The number of hydrogen-bond donors (Lipinski definition) is 2. The van der Waals surface area contributed by atoms with Gasteiger partial charge >= 0.3 is 5.97 Å². The first-order valence-electron chi connectivity index (χ1n) is 10.6. The highest BCUT2D eigenvalue weighted by Gasteiger charge is 2.45. The Morgan fingerprint density at radius 2 is 1.85 bits per heavy atom. The van der Waals surface area contributed by atoms with Gasteiger partial charge in [-0.1, -0.05) is 21.6 Å². The lowest BCUT2D eigenvalue weighted by Gasteiger charge is -2.35. The molecular formula is C20H32N2O3S2. The molecule has 2 heterocycles. The summed E-state index contributed by atoms with van der Waals surface area (Å²) in [4.78, 5) is 26.0. The molecule has 3 N–H and O–H groups in total. The smallest absolute Gasteiger partial charge is 0.309 e. The monoisotopic (exact) mass is 412 g/mol. The van der Waals surface area contributed by atoms with E-state index in [1.807, 2.05) is 21.6 Å². The highest BCUT2D eigenvalue weighted by atomic mass is 33.1. The third kappa shape index (κ3) is 4.68. The van der Waals surface area contributed by atoms with Crippen molar-refractivity contribution in [2.45, 2.75) is 81.2 Å². The van der Waals surface area contributed by atoms with Gasteiger partial charge in [0.15, 0.2) is 5.78 Å². The molecule has 0 aromatic rings. The van der Waals surface area contributed by atoms with Crippen molar-refractivity contribution in [3.8, 4) is 0 Å². The zero-order valence-corrected chi connectivity index (χ0v) is 17.6. The molecule has 6 atom stereocenters. The van der Waals surface area contributed by atoms with Gasteiger partial charge < -0.3 is 15.8 Å². The second-order valence-corrected chi connectivity index (χ2v) is 11.4. The molecule has 4 fully saturated rings. The van der Waals surface area contributed by atoms with Crippen molar-refractivity contribution in [3.05, 3.63) is 0 Å². The van der Waals surface area contributed by atoms with Crippen LogP contribution in [0.15, 0.2) is 0 Å². The summed E-state index contributed by atoms with van der Waals surface area (Å²) in [5.41, 5.74) is 6.46. The van der Waals surface area contributed by atoms with Crippen molar-refractivity contribution >= 4 is 33.3 Å². The van der Waals surface area contributed by atoms with Gasteiger partial charge in [-0.2, -0.15) is 0 Å². The Balaban J connectivity index is 1.44. The highest BCUT2D eigenvalue weighted by Crippen LogP contribution is 2.50. The standard InChI is InChI=1S/C20H32N2O3S2/c21-13-8-12(19(23)17-6-3-7-22-17)9-18-16(11-26-27-18)15(10-13)20(24)25-14-4-1-2-5-14/h12-18,22H,1-11,21H2/t12?,13?,15?,16?,17-,18?/m0/s1. The number of Topliss-reactive ketones (excluding diaryl/α,β-unsaturated/α-hetero) is 1. The average molecular weight is 413 g/mol. The summed E-state index contributed by atoms with van der Waals surface area (Å²) in [7, 11) is 3.72. The molecule has 7 heteroatoms. The minimum atomic E-state index is -0.103. The van der Waals surface area contributed by atoms with E-state index in [0.717, 1.165) is 44.4 Å². The van der Waals surface area contributed by atoms with Crippen LogP contribution >= 0.6 is 21.6 Å². The number of hydrogen-bond acceptors (Lipinski definition) is 7. The quantitative estimate of drug-likeness (QED) is 0.543. The lowest BCUT2D eigenvalue weighted by atomic mass is 9.75. The summed E-state index contributed by atoms with van der Waals surface area (Å²) in [6, 6.07) is -0.0831. The molecule has 0 radical (unpaired) electrons. The molecule has 152 valence electrons. The van der Waals surface area contributed by atoms with Gasteiger partial charge in [-0.25, -0.2) is 0 Å². The SMILES string of the molecule is NC1CC(C(=O)[C@@H]2CCCN2)CC2SSCC2C(C(=O)OC2CCCC2)C1. The lowest BCUT2D eigenvalue weighted by Crippen LogP contribution is -2.45. The molecule has 2 saturated carbocycles. The molecule has 2 aliphatic carbocycles. The van der Waals surface area contributed by atoms with E-state index in [4.69, 9.17) is 10.5 Å². The molecule has 5 unspecified atom stereocenters. The van der Waals surface area contributed by atoms with Gasteiger partial charge in [0, 0.05) is 23.0 Å². The second-order valence-electron chi connectivity index (χ2n) is 8.75. The van der Waals surface area contributed by atoms with Crippen LogP contribution in [-0.4, -0.2) is 47.5 Å². The van der Waals surface area contributed by atoms with Gasteiger partial charge in [0.05, 0.1) is 12.0 Å². The minimum absolute atomic E-state index is 0.0160. The number of ketones is 1. The molecule has 0 aromatic heterocycles. The number of fused-ring (bicyclic) bond motifs is 1. The van der Waals surface area contributed by atoms with Crippen LogP contribution in [0.4, 0.5) is 0 Å². The molecule has 0 aromatic carbocycles. The van der Waals surface area contributed by atoms with Crippen LogP contribution in [0.1, 0.15) is 57.8 Å². The van der Waals surface area contributed by atoms with Crippen LogP contribution in [0.2, 0.25) is 0 Å². The van der Waals surface area contributed by atoms with Crippen molar-refractivity contribution in [1.29, 1.82) is 0 Å². The molecule has 4 rings (SSSR count). The summed E-state index contributed by atoms with van der Waals surface area (Å²) in [6.45, 7) is 0.945. The van der Waals surface area contributed by atoms with E-state index in [1.54, 1.807) is 0 Å². The number of rotatable bonds is 4. The minimum Gasteiger partial charge on any atom is -0.462 e. The second kappa shape index (κ2) is 9.06. The average Bonchev–Trinajstić information content (AvgIpc) is 3.39. The Kier molecular flexibility index (Phi) is 6.72. The fourth-order valence-electron chi connectivity index (χ4n) is 5.29. The number of carbonyl (C=O) groups is 2. The van der Waals surface area contributed by atoms with Crippen LogP contribution < -0.4 is 11.1 Å². The zero-order valence-electron chi connectivity index (χ0n) is 15.9. The Morgan fingerprint density at radius 3 is 2.59 bits per heavy atom. The van der Waals surface area contributed by atoms with E-state index in [2.05, 4.69) is 5.32 Å². The highest BCUT2D eigenvalue weighted by molar-refractivity contribution is 8.77. The molecule has 5 nitrogen and oxygen atoms in total. The van der Waals surface area contributed by atoms with Crippen LogP contribution in [0.25, 0.3) is 0 Å². The number of nitrogens with two attached hydrogens (primary N) is 1. The number of carbonyl (C=O) groups excluding carboxylic acids is 2. The maximum absolute atomic E-state index is 13.0. The Labute approximate surface area is 170 Å². The van der Waals surface area contributed by atoms with Crippen LogP contribution in [0.3, 0.4) is 0 Å². The van der Waals surface area contributed by atoms with E-state index in [9.17, 15) is 9.59 Å². The summed E-state index contributed by atoms with van der Waals surface area (Å²) in [5.74, 6) is 1.50. The van der Waals surface area contributed by atoms with Crippen LogP contribution in [0.5, 0.6) is 0 Å². The first-order chi connectivity index (χ1) is 13.1. The molecule has 2 saturated heterocycles. The predicted octanol–water partition coefficient (Wildman–Crippen LogP) is 2.92. The molecule has 2 aliphatic heterocycles. The van der Waals surface area contributed by atoms with Crippen molar-refractivity contribution < 1.29 is 14.3 Å². The Morgan fingerprint density at radius 1 is 1.04 bits per heavy atom. The fourth-order valence-corrected chi connectivity index (χ4v) is 8.92. The molecule has 0 spiro atoms. The maximum atomic E-state index is 13.0. The first kappa shape index (κ1) is 20.0. The van der Waals surface area contributed by atoms with E-state index < -0.39 is 0 Å². The molecule has 4 aliphatic rings. The van der Waals surface area contributed by atoms with Crippen molar-refractivity contribution in [2.75, 3.05) is 12.3 Å². The van der Waals surface area contributed by atoms with Crippen molar-refractivity contribution in [2.24, 2.45) is 23.5 Å². The van der Waals surface area contributed by atoms with E-state index in [0.29, 0.717) is 23.9 Å². The van der Waals surface area contributed by atoms with Gasteiger partial charge in [0.2, 0.25) is 0 Å². The largest absolute Gasteiger partial charge is 0.462 e. The van der Waals surface area contributed by atoms with Crippen LogP contribution in [-0.2, 0) is 14.3 Å². The molecule has 0 amide bonds. The van der Waals surface area contributed by atoms with E-state index in [-0.39, 0.29) is 41.9 Å². The lowest BCUT2D eigenvalue weighted by molar-refractivity contribution is -0.156. The first-order valence-corrected chi connectivity index (χ1v) is 13.0. The Hall–Kier alpha value is -0.240. The third-order valence-corrected chi connectivity index (χ3v) is 9.81. The van der Waals surface area contributed by atoms with Gasteiger partial charge in [0.1, 0.15) is 6.10 Å². The summed E-state index contributed by atoms with van der Waals surface area (Å²) < 4.78 is 5.87. The fraction of sp³-hybridized carbons (Fsp3) is 0.900. The van der Waals surface area contributed by atoms with Crippen LogP contribution in [0, 0.1) is 17.8 Å². The number of esters is 1. The third-order valence-electron chi connectivity index (χ3n) is 6.80. The Bertz CT molecular complexity index is 549. The normalized spacial score (nSPS) is 40.3. The van der Waals surface area contributed by atoms with Gasteiger partial charge in [-0.15, -0.1) is 0 Å². The van der Waals surface area contributed by atoms with Crippen molar-refractivity contribution in [1.82, 2.24) is 5.32 Å². The number of ether oxygens (including phenoxy) is 1. The summed E-state index contributed by atoms with van der Waals surface area (Å²) in [6.07, 6.45) is 8.73. The summed E-state index contributed by atoms with van der Waals surface area (Å²) in [5, 5.41) is 3.72. The van der Waals surface area contributed by atoms with E-state index >= 15 is 0 Å². The predicted molar refractivity (Wildman–Crippen MR) is 111 cm³/mol. The van der Waals surface area contributed by atoms with Crippen molar-refractivity contribution in [3.63, 3.8) is 0 Å². The van der Waals surface area contributed by atoms with Gasteiger partial charge in [0.25, 0.3) is 0 Å². The van der Waals surface area contributed by atoms with E-state index in [1.165, 1.54) is 12.8 Å². The zero-order chi connectivity index (χ0) is 18.8. The van der Waals surface area contributed by atoms with Gasteiger partial charge in [-0.05, 0) is 70.3 Å². The molecular weight excluding hydrogens is 380 g/mol.